The second-order valence-electron chi connectivity index (χ2n) is 6.62. The third-order valence-electron chi connectivity index (χ3n) is 4.92. The van der Waals surface area contributed by atoms with Crippen molar-refractivity contribution in [2.75, 3.05) is 32.9 Å². The zero-order chi connectivity index (χ0) is 17.3. The maximum Gasteiger partial charge on any atom is 0.409 e. The molecule has 9 heteroatoms. The summed E-state index contributed by atoms with van der Waals surface area (Å²) >= 11 is 0. The Labute approximate surface area is 138 Å². The van der Waals surface area contributed by atoms with Crippen LogP contribution < -0.4 is 0 Å². The summed E-state index contributed by atoms with van der Waals surface area (Å²) in [4.78, 5) is 14.0. The topological polar surface area (TPSA) is 70.8 Å². The minimum atomic E-state index is -2.41. The predicted molar refractivity (Wildman–Crippen MR) is 81.0 cm³/mol. The van der Waals surface area contributed by atoms with Crippen LogP contribution >= 0.6 is 0 Å². The highest BCUT2D eigenvalue weighted by atomic mass is 19.3. The third-order valence-corrected chi connectivity index (χ3v) is 4.92. The molecule has 134 valence electrons. The zero-order valence-corrected chi connectivity index (χ0v) is 13.6. The van der Waals surface area contributed by atoms with E-state index in [0.717, 1.165) is 5.69 Å². The Morgan fingerprint density at radius 3 is 2.92 bits per heavy atom. The largest absolute Gasteiger partial charge is 0.465 e. The first kappa shape index (κ1) is 17.1. The van der Waals surface area contributed by atoms with Crippen LogP contribution in [0, 0.1) is 0 Å². The van der Waals surface area contributed by atoms with Crippen molar-refractivity contribution in [3.05, 3.63) is 18.0 Å². The van der Waals surface area contributed by atoms with Gasteiger partial charge in [-0.1, -0.05) is 0 Å². The Morgan fingerprint density at radius 1 is 1.58 bits per heavy atom. The Balaban J connectivity index is 1.78. The number of hydrogen-bond acceptors (Lipinski definition) is 4. The van der Waals surface area contributed by atoms with Crippen LogP contribution in [-0.4, -0.2) is 75.7 Å². The molecule has 0 aliphatic carbocycles. The average Bonchev–Trinajstić information content (AvgIpc) is 2.92. The summed E-state index contributed by atoms with van der Waals surface area (Å²) in [5, 5.41) is 13.2. The van der Waals surface area contributed by atoms with Gasteiger partial charge < -0.3 is 9.84 Å². The lowest BCUT2D eigenvalue weighted by molar-refractivity contribution is -0.161. The number of piperidine rings is 1. The standard InChI is InChI=1S/C15H22F2N4O3/c1-19-12(2-4-18-19)11-6-15(9-20(7-11)8-13(16)17)3-5-21(10-24-15)14(22)23/h2,4,11,13H,3,5-10H2,1H3,(H,22,23). The summed E-state index contributed by atoms with van der Waals surface area (Å²) in [6.45, 7) is 0.963. The van der Waals surface area contributed by atoms with Crippen LogP contribution in [-0.2, 0) is 11.8 Å². The molecule has 3 rings (SSSR count). The lowest BCUT2D eigenvalue weighted by atomic mass is 9.80. The molecule has 7 nitrogen and oxygen atoms in total. The van der Waals surface area contributed by atoms with Gasteiger partial charge in [0.1, 0.15) is 6.73 Å². The Hall–Kier alpha value is -1.74. The van der Waals surface area contributed by atoms with E-state index in [4.69, 9.17) is 9.84 Å². The number of likely N-dealkylation sites (tertiary alicyclic amines) is 1. The molecular formula is C15H22F2N4O3. The van der Waals surface area contributed by atoms with Gasteiger partial charge in [-0.3, -0.25) is 14.5 Å². The van der Waals surface area contributed by atoms with Gasteiger partial charge in [-0.15, -0.1) is 0 Å². The van der Waals surface area contributed by atoms with Crippen molar-refractivity contribution in [3.63, 3.8) is 0 Å². The van der Waals surface area contributed by atoms with Gasteiger partial charge in [-0.2, -0.15) is 5.10 Å². The van der Waals surface area contributed by atoms with Gasteiger partial charge >= 0.3 is 6.09 Å². The number of ether oxygens (including phenoxy) is 1. The van der Waals surface area contributed by atoms with E-state index in [2.05, 4.69) is 5.10 Å². The predicted octanol–water partition coefficient (Wildman–Crippen LogP) is 1.57. The summed E-state index contributed by atoms with van der Waals surface area (Å²) in [6, 6.07) is 1.90. The Bertz CT molecular complexity index is 587. The minimum Gasteiger partial charge on any atom is -0.465 e. The normalized spacial score (nSPS) is 28.7. The molecule has 1 amide bonds. The Kier molecular flexibility index (Phi) is 4.73. The van der Waals surface area contributed by atoms with Crippen molar-refractivity contribution in [2.24, 2.45) is 7.05 Å². The molecule has 0 radical (unpaired) electrons. The molecule has 0 saturated carbocycles. The van der Waals surface area contributed by atoms with Crippen molar-refractivity contribution in [1.29, 1.82) is 0 Å². The summed E-state index contributed by atoms with van der Waals surface area (Å²) in [5.74, 6) is 0.0291. The van der Waals surface area contributed by atoms with Crippen molar-refractivity contribution >= 4 is 6.09 Å². The monoisotopic (exact) mass is 344 g/mol. The molecule has 1 aromatic heterocycles. The fourth-order valence-electron chi connectivity index (χ4n) is 3.81. The van der Waals surface area contributed by atoms with Gasteiger partial charge in [0, 0.05) is 44.5 Å². The van der Waals surface area contributed by atoms with Crippen molar-refractivity contribution in [1.82, 2.24) is 19.6 Å². The molecule has 2 aliphatic heterocycles. The average molecular weight is 344 g/mol. The highest BCUT2D eigenvalue weighted by Gasteiger charge is 2.45. The van der Waals surface area contributed by atoms with E-state index >= 15 is 0 Å². The zero-order valence-electron chi connectivity index (χ0n) is 13.6. The molecular weight excluding hydrogens is 322 g/mol. The summed E-state index contributed by atoms with van der Waals surface area (Å²) < 4.78 is 33.5. The van der Waals surface area contributed by atoms with Crippen molar-refractivity contribution < 1.29 is 23.4 Å². The lowest BCUT2D eigenvalue weighted by Crippen LogP contribution is -2.58. The number of carboxylic acid groups (broad SMARTS) is 1. The number of aromatic nitrogens is 2. The van der Waals surface area contributed by atoms with Crippen molar-refractivity contribution in [3.8, 4) is 0 Å². The molecule has 2 atom stereocenters. The maximum absolute atomic E-state index is 12.9. The number of nitrogens with zero attached hydrogens (tertiary/aromatic N) is 4. The third kappa shape index (κ3) is 3.51. The van der Waals surface area contributed by atoms with Crippen LogP contribution in [0.3, 0.4) is 0 Å². The van der Waals surface area contributed by atoms with Crippen LogP contribution in [0.5, 0.6) is 0 Å². The number of carbonyl (C=O) groups is 1. The SMILES string of the molecule is Cn1nccc1C1CN(CC(F)F)CC2(CCN(C(=O)O)CO2)C1. The summed E-state index contributed by atoms with van der Waals surface area (Å²) in [6.07, 6.45) is -0.547. The van der Waals surface area contributed by atoms with Crippen LogP contribution in [0.1, 0.15) is 24.5 Å². The fraction of sp³-hybridized carbons (Fsp3) is 0.733. The number of amides is 1. The van der Waals surface area contributed by atoms with E-state index in [1.165, 1.54) is 4.90 Å². The van der Waals surface area contributed by atoms with E-state index in [-0.39, 0.29) is 19.2 Å². The molecule has 2 unspecified atom stereocenters. The van der Waals surface area contributed by atoms with Crippen LogP contribution in [0.2, 0.25) is 0 Å². The number of rotatable bonds is 3. The number of aryl methyl sites for hydroxylation is 1. The minimum absolute atomic E-state index is 0.0179. The van der Waals surface area contributed by atoms with Gasteiger partial charge in [0.05, 0.1) is 12.1 Å². The van der Waals surface area contributed by atoms with E-state index in [1.807, 2.05) is 13.1 Å². The molecule has 0 aromatic carbocycles. The molecule has 24 heavy (non-hydrogen) atoms. The van der Waals surface area contributed by atoms with E-state index < -0.39 is 18.1 Å². The number of halogens is 2. The van der Waals surface area contributed by atoms with Gasteiger partial charge in [0.15, 0.2) is 0 Å². The molecule has 1 spiro atoms. The highest BCUT2D eigenvalue weighted by Crippen LogP contribution is 2.39. The molecule has 1 aromatic rings. The van der Waals surface area contributed by atoms with E-state index in [0.29, 0.717) is 32.5 Å². The van der Waals surface area contributed by atoms with Crippen LogP contribution in [0.4, 0.5) is 13.6 Å². The van der Waals surface area contributed by atoms with Gasteiger partial charge in [0.25, 0.3) is 6.43 Å². The quantitative estimate of drug-likeness (QED) is 0.901. The fourth-order valence-corrected chi connectivity index (χ4v) is 3.81. The molecule has 2 fully saturated rings. The first-order valence-corrected chi connectivity index (χ1v) is 7.99. The second kappa shape index (κ2) is 6.64. The number of alkyl halides is 2. The molecule has 0 bridgehead atoms. The van der Waals surface area contributed by atoms with E-state index in [9.17, 15) is 13.6 Å². The molecule has 1 N–H and O–H groups in total. The van der Waals surface area contributed by atoms with Crippen molar-refractivity contribution in [2.45, 2.75) is 30.8 Å². The van der Waals surface area contributed by atoms with Gasteiger partial charge in [0.2, 0.25) is 0 Å². The van der Waals surface area contributed by atoms with Gasteiger partial charge in [-0.05, 0) is 18.9 Å². The van der Waals surface area contributed by atoms with Crippen LogP contribution in [0.15, 0.2) is 12.3 Å². The lowest BCUT2D eigenvalue weighted by Gasteiger charge is -2.49. The molecule has 2 saturated heterocycles. The highest BCUT2D eigenvalue weighted by molar-refractivity contribution is 5.64. The first-order chi connectivity index (χ1) is 11.4. The Morgan fingerprint density at radius 2 is 2.38 bits per heavy atom. The molecule has 3 heterocycles. The van der Waals surface area contributed by atoms with Gasteiger partial charge in [-0.25, -0.2) is 13.6 Å². The first-order valence-electron chi connectivity index (χ1n) is 7.99. The van der Waals surface area contributed by atoms with Crippen LogP contribution in [0.25, 0.3) is 0 Å². The second-order valence-corrected chi connectivity index (χ2v) is 6.62. The molecule has 2 aliphatic rings. The van der Waals surface area contributed by atoms with E-state index in [1.54, 1.807) is 15.8 Å². The summed E-state index contributed by atoms with van der Waals surface area (Å²) in [7, 11) is 1.84. The number of hydrogen-bond donors (Lipinski definition) is 1. The maximum atomic E-state index is 12.9. The smallest absolute Gasteiger partial charge is 0.409 e. The summed E-state index contributed by atoms with van der Waals surface area (Å²) in [5.41, 5.74) is 0.395.